The van der Waals surface area contributed by atoms with Gasteiger partial charge in [0.1, 0.15) is 0 Å². The average Bonchev–Trinajstić information content (AvgIpc) is 2.79. The Morgan fingerprint density at radius 3 is 0.949 bits per heavy atom. The largest absolute Gasteiger partial charge is 0.161 e. The molecular formula is C34H51B2PSi2. The van der Waals surface area contributed by atoms with Gasteiger partial charge in [-0.05, 0) is 22.8 Å². The quantitative estimate of drug-likeness (QED) is 0.213. The Hall–Kier alpha value is -1.48. The van der Waals surface area contributed by atoms with Crippen LogP contribution in [0.3, 0.4) is 0 Å². The molecule has 0 atom stereocenters. The zero-order valence-electron chi connectivity index (χ0n) is 26.8. The molecule has 0 bridgehead atoms. The van der Waals surface area contributed by atoms with Gasteiger partial charge in [0.05, 0.1) is 0 Å². The Morgan fingerprint density at radius 2 is 0.744 bits per heavy atom. The number of benzene rings is 3. The molecule has 0 amide bonds. The lowest BCUT2D eigenvalue weighted by Crippen LogP contribution is -2.86. The number of rotatable bonds is 5. The van der Waals surface area contributed by atoms with Crippen molar-refractivity contribution in [2.45, 2.75) is 95.9 Å². The lowest BCUT2D eigenvalue weighted by atomic mass is 8.98. The summed E-state index contributed by atoms with van der Waals surface area (Å²) in [5.74, 6) is 0. The van der Waals surface area contributed by atoms with Crippen molar-refractivity contribution in [3.8, 4) is 0 Å². The van der Waals surface area contributed by atoms with E-state index in [1.54, 1.807) is 0 Å². The van der Waals surface area contributed by atoms with Gasteiger partial charge >= 0.3 is 0 Å². The Morgan fingerprint density at radius 1 is 0.487 bits per heavy atom. The lowest BCUT2D eigenvalue weighted by Gasteiger charge is -2.74. The first-order chi connectivity index (χ1) is 17.9. The molecule has 1 heterocycles. The summed E-state index contributed by atoms with van der Waals surface area (Å²) < 4.78 is 0.384. The monoisotopic (exact) mass is 568 g/mol. The summed E-state index contributed by atoms with van der Waals surface area (Å²) in [6.07, 6.45) is 0. The average molecular weight is 569 g/mol. The van der Waals surface area contributed by atoms with Crippen molar-refractivity contribution in [2.24, 2.45) is 0 Å². The van der Waals surface area contributed by atoms with Gasteiger partial charge in [-0.25, -0.2) is 0 Å². The molecule has 0 radical (unpaired) electrons. The minimum absolute atomic E-state index is 0.168. The van der Waals surface area contributed by atoms with Gasteiger partial charge in [-0.15, -0.1) is 5.09 Å². The van der Waals surface area contributed by atoms with Gasteiger partial charge in [0.15, 0.2) is 13.4 Å². The minimum Gasteiger partial charge on any atom is -0.120 e. The van der Waals surface area contributed by atoms with Gasteiger partial charge in [0, 0.05) is 16.1 Å². The first-order valence-electron chi connectivity index (χ1n) is 14.9. The molecule has 1 saturated heterocycles. The fourth-order valence-electron chi connectivity index (χ4n) is 9.05. The van der Waals surface area contributed by atoms with E-state index in [1.807, 2.05) is 5.09 Å². The van der Waals surface area contributed by atoms with E-state index >= 15 is 0 Å². The maximum atomic E-state index is 2.70. The Bertz CT molecular complexity index is 1200. The first kappa shape index (κ1) is 30.5. The maximum Gasteiger partial charge on any atom is 0.161 e. The summed E-state index contributed by atoms with van der Waals surface area (Å²) >= 11 is 0. The first-order valence-corrected chi connectivity index (χ1v) is 23.6. The van der Waals surface area contributed by atoms with E-state index in [2.05, 4.69) is 172 Å². The summed E-state index contributed by atoms with van der Waals surface area (Å²) in [5.41, 5.74) is 0. The molecule has 5 heteroatoms. The van der Waals surface area contributed by atoms with E-state index in [9.17, 15) is 0 Å². The topological polar surface area (TPSA) is 0 Å². The lowest BCUT2D eigenvalue weighted by molar-refractivity contribution is 0.708. The van der Waals surface area contributed by atoms with Crippen LogP contribution in [0, 0.1) is 0 Å². The molecule has 1 fully saturated rings. The van der Waals surface area contributed by atoms with Crippen LogP contribution < -0.4 is 15.9 Å². The van der Waals surface area contributed by atoms with Crippen molar-refractivity contribution in [3.05, 3.63) is 91.0 Å². The molecule has 4 rings (SSSR count). The van der Waals surface area contributed by atoms with E-state index in [-0.39, 0.29) is 10.6 Å². The fourth-order valence-corrected chi connectivity index (χ4v) is 30.0. The highest BCUT2D eigenvalue weighted by Crippen LogP contribution is 2.71. The van der Waals surface area contributed by atoms with Gasteiger partial charge in [0.2, 0.25) is 0 Å². The fraction of sp³-hybridized carbons (Fsp3) is 0.441. The SMILES string of the molecule is CC(C)(C)B1C(=P(c2ccccc2)(c2ccccc2)c2ccccc2)B(C(C)(C)C)C1([Si](C)(C)C)[Si](C)(C)C. The molecule has 0 unspecified atom stereocenters. The standard InChI is InChI=1S/C34H51B2PSi2/c1-32(2,3)35-31(36(33(4,5)6)34(35,38(7,8)9)39(10,11)12)37(28-22-16-13-17-23-28,29-24-18-14-19-25-29)30-26-20-15-21-27-30/h13-27H,1-12H3. The molecule has 3 aromatic rings. The van der Waals surface area contributed by atoms with Crippen LogP contribution in [0.5, 0.6) is 0 Å². The zero-order valence-corrected chi connectivity index (χ0v) is 29.7. The van der Waals surface area contributed by atoms with Gasteiger partial charge in [-0.1, -0.05) is 187 Å². The third-order valence-electron chi connectivity index (χ3n) is 9.53. The predicted octanol–water partition coefficient (Wildman–Crippen LogP) is 8.87. The van der Waals surface area contributed by atoms with Crippen molar-refractivity contribution in [3.63, 3.8) is 0 Å². The molecule has 1 aliphatic heterocycles. The zero-order chi connectivity index (χ0) is 29.1. The van der Waals surface area contributed by atoms with Crippen LogP contribution in [-0.2, 0) is 0 Å². The summed E-state index contributed by atoms with van der Waals surface area (Å²) in [4.78, 5) is 0. The molecular weight excluding hydrogens is 517 g/mol. The molecule has 0 aromatic heterocycles. The van der Waals surface area contributed by atoms with E-state index in [1.165, 1.54) is 15.9 Å². The second-order valence-electron chi connectivity index (χ2n) is 16.1. The summed E-state index contributed by atoms with van der Waals surface area (Å²) in [5, 5.41) is 6.75. The van der Waals surface area contributed by atoms with Crippen LogP contribution in [0.1, 0.15) is 41.5 Å². The van der Waals surface area contributed by atoms with Crippen LogP contribution in [-0.4, -0.2) is 34.7 Å². The van der Waals surface area contributed by atoms with Crippen LogP contribution >= 0.6 is 6.89 Å². The third-order valence-corrected chi connectivity index (χ3v) is 24.7. The molecule has 1 aliphatic rings. The normalized spacial score (nSPS) is 16.8. The molecule has 0 nitrogen and oxygen atoms in total. The van der Waals surface area contributed by atoms with E-state index < -0.39 is 23.0 Å². The molecule has 0 N–H and O–H groups in total. The van der Waals surface area contributed by atoms with Crippen LogP contribution in [0.25, 0.3) is 0 Å². The Labute approximate surface area is 243 Å². The highest BCUT2D eigenvalue weighted by Gasteiger charge is 2.77. The second kappa shape index (κ2) is 10.1. The van der Waals surface area contributed by atoms with E-state index in [0.717, 1.165) is 0 Å². The van der Waals surface area contributed by atoms with Crippen LogP contribution in [0.15, 0.2) is 91.0 Å². The van der Waals surface area contributed by atoms with Gasteiger partial charge in [-0.2, -0.15) is 0 Å². The van der Waals surface area contributed by atoms with Crippen LogP contribution in [0.4, 0.5) is 0 Å². The third kappa shape index (κ3) is 4.67. The Balaban J connectivity index is 2.41. The molecule has 3 aromatic carbocycles. The second-order valence-corrected chi connectivity index (χ2v) is 30.6. The summed E-state index contributed by atoms with van der Waals surface area (Å²) in [6.45, 7) is 30.6. The molecule has 0 aliphatic carbocycles. The number of hydrogen-bond donors (Lipinski definition) is 0. The predicted molar refractivity (Wildman–Crippen MR) is 190 cm³/mol. The minimum atomic E-state index is -2.12. The highest BCUT2D eigenvalue weighted by atomic mass is 31.2. The maximum absolute atomic E-state index is 2.70. The van der Waals surface area contributed by atoms with Crippen molar-refractivity contribution in [1.82, 2.24) is 0 Å². The van der Waals surface area contributed by atoms with Gasteiger partial charge in [0.25, 0.3) is 0 Å². The molecule has 0 spiro atoms. The Kier molecular flexibility index (Phi) is 7.90. The van der Waals surface area contributed by atoms with Crippen molar-refractivity contribution < 1.29 is 0 Å². The highest BCUT2D eigenvalue weighted by molar-refractivity contribution is 8.03. The van der Waals surface area contributed by atoms with Gasteiger partial charge < -0.3 is 0 Å². The molecule has 0 saturated carbocycles. The smallest absolute Gasteiger partial charge is 0.120 e. The summed E-state index contributed by atoms with van der Waals surface area (Å²) in [6, 6.07) is 34.9. The molecule has 39 heavy (non-hydrogen) atoms. The number of hydrogen-bond acceptors (Lipinski definition) is 0. The van der Waals surface area contributed by atoms with E-state index in [0.29, 0.717) is 17.9 Å². The van der Waals surface area contributed by atoms with Crippen molar-refractivity contribution in [2.75, 3.05) is 0 Å². The van der Waals surface area contributed by atoms with Crippen molar-refractivity contribution in [1.29, 1.82) is 0 Å². The molecule has 206 valence electrons. The van der Waals surface area contributed by atoms with Crippen LogP contribution in [0.2, 0.25) is 54.4 Å². The van der Waals surface area contributed by atoms with E-state index in [4.69, 9.17) is 0 Å². The van der Waals surface area contributed by atoms with Crippen molar-refractivity contribution >= 4 is 57.5 Å². The summed E-state index contributed by atoms with van der Waals surface area (Å²) in [7, 11) is -3.34. The van der Waals surface area contributed by atoms with Gasteiger partial charge in [-0.3, -0.25) is 0 Å².